The van der Waals surface area contributed by atoms with Gasteiger partial charge in [-0.15, -0.1) is 11.3 Å². The Labute approximate surface area is 82.2 Å². The lowest BCUT2D eigenvalue weighted by molar-refractivity contribution is -0.143. The first kappa shape index (κ1) is 10.3. The maximum Gasteiger partial charge on any atom is 0.313 e. The van der Waals surface area contributed by atoms with Crippen LogP contribution in [0.2, 0.25) is 0 Å². The van der Waals surface area contributed by atoms with Crippen molar-refractivity contribution in [2.24, 2.45) is 0 Å². The summed E-state index contributed by atoms with van der Waals surface area (Å²) in [7, 11) is 0. The summed E-state index contributed by atoms with van der Waals surface area (Å²) in [6.45, 7) is 5.67. The van der Waals surface area contributed by atoms with Gasteiger partial charge in [0.25, 0.3) is 0 Å². The summed E-state index contributed by atoms with van der Waals surface area (Å²) in [5.41, 5.74) is 0.204. The lowest BCUT2D eigenvalue weighted by Gasteiger charge is -2.21. The van der Waals surface area contributed by atoms with E-state index in [-0.39, 0.29) is 0 Å². The van der Waals surface area contributed by atoms with Crippen molar-refractivity contribution in [3.8, 4) is 0 Å². The zero-order chi connectivity index (χ0) is 10.1. The van der Waals surface area contributed by atoms with Gasteiger partial charge >= 0.3 is 5.97 Å². The Kier molecular flexibility index (Phi) is 2.76. The van der Waals surface area contributed by atoms with E-state index < -0.39 is 11.4 Å². The number of carboxylic acids is 1. The number of thiophene rings is 1. The molecule has 0 bridgehead atoms. The molecule has 3 heteroatoms. The average Bonchev–Trinajstić information content (AvgIpc) is 2.50. The van der Waals surface area contributed by atoms with Gasteiger partial charge in [-0.1, -0.05) is 6.92 Å². The van der Waals surface area contributed by atoms with Gasteiger partial charge in [-0.05, 0) is 37.3 Å². The number of hydrogen-bond donors (Lipinski definition) is 1. The summed E-state index contributed by atoms with van der Waals surface area (Å²) in [6.07, 6.45) is 0.624. The predicted octanol–water partition coefficient (Wildman–Crippen LogP) is 2.81. The van der Waals surface area contributed by atoms with Crippen LogP contribution in [0.4, 0.5) is 0 Å². The molecule has 1 aromatic rings. The fourth-order valence-corrected chi connectivity index (χ4v) is 2.05. The van der Waals surface area contributed by atoms with Crippen LogP contribution >= 0.6 is 11.3 Å². The maximum atomic E-state index is 11.1. The van der Waals surface area contributed by atoms with Crippen LogP contribution in [0.5, 0.6) is 0 Å². The van der Waals surface area contributed by atoms with E-state index in [1.54, 1.807) is 18.3 Å². The molecule has 0 aliphatic heterocycles. The largest absolute Gasteiger partial charge is 0.481 e. The number of hydrogen-bond acceptors (Lipinski definition) is 2. The molecule has 0 amide bonds. The topological polar surface area (TPSA) is 37.3 Å². The third-order valence-corrected chi connectivity index (χ3v) is 3.41. The van der Waals surface area contributed by atoms with E-state index in [0.29, 0.717) is 6.42 Å². The minimum absolute atomic E-state index is 0.624. The number of aryl methyl sites for hydroxylation is 1. The molecule has 13 heavy (non-hydrogen) atoms. The highest BCUT2D eigenvalue weighted by atomic mass is 32.1. The van der Waals surface area contributed by atoms with Gasteiger partial charge in [0.1, 0.15) is 0 Å². The van der Waals surface area contributed by atoms with Gasteiger partial charge in [-0.3, -0.25) is 4.79 Å². The SMILES string of the molecule is CCC(C)(C(=O)O)c1csc(C)c1. The molecule has 2 nitrogen and oxygen atoms in total. The molecule has 0 aliphatic rings. The van der Waals surface area contributed by atoms with Crippen molar-refractivity contribution < 1.29 is 9.90 Å². The highest BCUT2D eigenvalue weighted by Gasteiger charge is 2.33. The Hall–Kier alpha value is -0.830. The number of aliphatic carboxylic acids is 1. The zero-order valence-electron chi connectivity index (χ0n) is 8.13. The molecule has 0 aromatic carbocycles. The Bertz CT molecular complexity index is 316. The second-order valence-corrected chi connectivity index (χ2v) is 4.55. The summed E-state index contributed by atoms with van der Waals surface area (Å²) in [6, 6.07) is 1.96. The smallest absolute Gasteiger partial charge is 0.313 e. The van der Waals surface area contributed by atoms with Crippen LogP contribution in [-0.2, 0) is 10.2 Å². The van der Waals surface area contributed by atoms with E-state index in [1.807, 2.05) is 25.3 Å². The van der Waals surface area contributed by atoms with E-state index in [2.05, 4.69) is 0 Å². The summed E-state index contributed by atoms with van der Waals surface area (Å²) in [5.74, 6) is -0.743. The first-order valence-corrected chi connectivity index (χ1v) is 5.17. The second-order valence-electron chi connectivity index (χ2n) is 3.44. The molecule has 0 saturated carbocycles. The highest BCUT2D eigenvalue weighted by molar-refractivity contribution is 7.10. The predicted molar refractivity (Wildman–Crippen MR) is 54.3 cm³/mol. The third-order valence-electron chi connectivity index (χ3n) is 2.55. The van der Waals surface area contributed by atoms with Crippen LogP contribution in [-0.4, -0.2) is 11.1 Å². The van der Waals surface area contributed by atoms with Crippen LogP contribution in [0, 0.1) is 6.92 Å². The third kappa shape index (κ3) is 1.75. The summed E-state index contributed by atoms with van der Waals surface area (Å²) in [5, 5.41) is 11.0. The molecule has 1 rings (SSSR count). The number of rotatable bonds is 3. The van der Waals surface area contributed by atoms with Crippen molar-refractivity contribution in [2.45, 2.75) is 32.6 Å². The van der Waals surface area contributed by atoms with Gasteiger partial charge in [-0.2, -0.15) is 0 Å². The van der Waals surface area contributed by atoms with Crippen molar-refractivity contribution in [2.75, 3.05) is 0 Å². The second kappa shape index (κ2) is 3.50. The minimum atomic E-state index is -0.743. The molecule has 1 unspecified atom stereocenters. The molecule has 72 valence electrons. The van der Waals surface area contributed by atoms with Gasteiger partial charge < -0.3 is 5.11 Å². The van der Waals surface area contributed by atoms with E-state index in [0.717, 1.165) is 10.4 Å². The molecular formula is C10H14O2S. The Morgan fingerprint density at radius 1 is 1.69 bits per heavy atom. The van der Waals surface area contributed by atoms with Crippen molar-refractivity contribution in [1.82, 2.24) is 0 Å². The van der Waals surface area contributed by atoms with Crippen LogP contribution in [0.15, 0.2) is 11.4 Å². The van der Waals surface area contributed by atoms with Gasteiger partial charge in [0.05, 0.1) is 5.41 Å². The fraction of sp³-hybridized carbons (Fsp3) is 0.500. The van der Waals surface area contributed by atoms with Crippen molar-refractivity contribution in [1.29, 1.82) is 0 Å². The molecule has 0 fully saturated rings. The zero-order valence-corrected chi connectivity index (χ0v) is 8.94. The Balaban J connectivity index is 3.09. The van der Waals surface area contributed by atoms with Gasteiger partial charge in [-0.25, -0.2) is 0 Å². The van der Waals surface area contributed by atoms with Crippen molar-refractivity contribution >= 4 is 17.3 Å². The molecule has 1 N–H and O–H groups in total. The molecule has 0 saturated heterocycles. The van der Waals surface area contributed by atoms with Crippen LogP contribution in [0.1, 0.15) is 30.7 Å². The standard InChI is InChI=1S/C10H14O2S/c1-4-10(3,9(11)12)8-5-7(2)13-6-8/h5-6H,4H2,1-3H3,(H,11,12). The highest BCUT2D eigenvalue weighted by Crippen LogP contribution is 2.31. The maximum absolute atomic E-state index is 11.1. The normalized spacial score (nSPS) is 15.3. The molecule has 0 spiro atoms. The minimum Gasteiger partial charge on any atom is -0.481 e. The van der Waals surface area contributed by atoms with Gasteiger partial charge in [0, 0.05) is 4.88 Å². The molecule has 1 atom stereocenters. The van der Waals surface area contributed by atoms with Gasteiger partial charge in [0.2, 0.25) is 0 Å². The van der Waals surface area contributed by atoms with Crippen LogP contribution < -0.4 is 0 Å². The van der Waals surface area contributed by atoms with Crippen molar-refractivity contribution in [3.05, 3.63) is 21.9 Å². The molecule has 0 aliphatic carbocycles. The lowest BCUT2D eigenvalue weighted by Crippen LogP contribution is -2.30. The van der Waals surface area contributed by atoms with E-state index in [1.165, 1.54) is 0 Å². The first-order chi connectivity index (χ1) is 6.00. The summed E-state index contributed by atoms with van der Waals surface area (Å²) < 4.78 is 0. The molecule has 1 aromatic heterocycles. The summed E-state index contributed by atoms with van der Waals surface area (Å²) >= 11 is 1.60. The van der Waals surface area contributed by atoms with Crippen LogP contribution in [0.3, 0.4) is 0 Å². The Morgan fingerprint density at radius 2 is 2.31 bits per heavy atom. The van der Waals surface area contributed by atoms with Crippen LogP contribution in [0.25, 0.3) is 0 Å². The lowest BCUT2D eigenvalue weighted by atomic mass is 9.82. The molecule has 1 heterocycles. The van der Waals surface area contributed by atoms with E-state index in [9.17, 15) is 4.79 Å². The van der Waals surface area contributed by atoms with E-state index in [4.69, 9.17) is 5.11 Å². The quantitative estimate of drug-likeness (QED) is 0.810. The Morgan fingerprint density at radius 3 is 2.62 bits per heavy atom. The first-order valence-electron chi connectivity index (χ1n) is 4.29. The fourth-order valence-electron chi connectivity index (χ4n) is 1.21. The van der Waals surface area contributed by atoms with Gasteiger partial charge in [0.15, 0.2) is 0 Å². The number of carbonyl (C=O) groups is 1. The number of carboxylic acid groups (broad SMARTS) is 1. The monoisotopic (exact) mass is 198 g/mol. The van der Waals surface area contributed by atoms with Crippen molar-refractivity contribution in [3.63, 3.8) is 0 Å². The average molecular weight is 198 g/mol. The molecule has 0 radical (unpaired) electrons. The molecular weight excluding hydrogens is 184 g/mol. The van der Waals surface area contributed by atoms with E-state index >= 15 is 0 Å². The summed E-state index contributed by atoms with van der Waals surface area (Å²) in [4.78, 5) is 12.2.